The maximum absolute atomic E-state index is 11.7. The summed E-state index contributed by atoms with van der Waals surface area (Å²) in [6.07, 6.45) is 13.5. The molecule has 0 saturated carbocycles. The van der Waals surface area contributed by atoms with E-state index in [1.54, 1.807) is 0 Å². The molecule has 3 atom stereocenters. The van der Waals surface area contributed by atoms with Crippen LogP contribution in [0.5, 0.6) is 0 Å². The van der Waals surface area contributed by atoms with Gasteiger partial charge in [0.25, 0.3) is 0 Å². The van der Waals surface area contributed by atoms with Gasteiger partial charge >= 0.3 is 13.8 Å². The quantitative estimate of drug-likeness (QED) is 0.0965. The molecule has 0 aliphatic carbocycles. The molecule has 0 heterocycles. The molecule has 192 valence electrons. The fourth-order valence-corrected chi connectivity index (χ4v) is 3.84. The highest BCUT2D eigenvalue weighted by atomic mass is 31.2. The minimum atomic E-state index is -4.48. The van der Waals surface area contributed by atoms with Crippen molar-refractivity contribution in [3.05, 3.63) is 0 Å². The number of phosphoric acid groups is 1. The molecule has 0 aliphatic rings. The lowest BCUT2D eigenvalue weighted by Crippen LogP contribution is -2.24. The van der Waals surface area contributed by atoms with E-state index < -0.39 is 45.8 Å². The maximum atomic E-state index is 11.7. The Labute approximate surface area is 193 Å². The first-order valence-electron chi connectivity index (χ1n) is 12.0. The molecule has 0 fully saturated rings. The number of carbonyl (C=O) groups is 1. The zero-order valence-electron chi connectivity index (χ0n) is 19.7. The zero-order valence-corrected chi connectivity index (χ0v) is 20.6. The van der Waals surface area contributed by atoms with Crippen molar-refractivity contribution in [1.82, 2.24) is 0 Å². The highest BCUT2D eigenvalue weighted by Gasteiger charge is 2.24. The summed E-state index contributed by atoms with van der Waals surface area (Å²) in [6.45, 7) is 0.0932. The predicted molar refractivity (Wildman–Crippen MR) is 122 cm³/mol. The monoisotopic (exact) mass is 484 g/mol. The van der Waals surface area contributed by atoms with Crippen LogP contribution in [0.4, 0.5) is 0 Å². The molecule has 0 saturated heterocycles. The van der Waals surface area contributed by atoms with Gasteiger partial charge in [0.1, 0.15) is 18.8 Å². The fraction of sp³-hybridized carbons (Fsp3) is 0.955. The van der Waals surface area contributed by atoms with Gasteiger partial charge in [0.05, 0.1) is 19.8 Å². The summed E-state index contributed by atoms with van der Waals surface area (Å²) in [5.41, 5.74) is 0. The van der Waals surface area contributed by atoms with E-state index >= 15 is 0 Å². The van der Waals surface area contributed by atoms with Gasteiger partial charge in [-0.05, 0) is 6.42 Å². The standard InChI is InChI=1S/C22H45O9P/c1-2-3-4-5-6-7-8-9-10-11-12-13-14-15-22(26)29-17-21(25)19-31-32(27,28)30-18-20(24)16-23/h20-21,23-25H,2-19H2,1H3,(H,27,28)/t20-,21?/m0/s1. The lowest BCUT2D eigenvalue weighted by Gasteiger charge is -2.16. The van der Waals surface area contributed by atoms with Crippen molar-refractivity contribution >= 4 is 13.8 Å². The van der Waals surface area contributed by atoms with Gasteiger partial charge in [-0.15, -0.1) is 0 Å². The van der Waals surface area contributed by atoms with Crippen molar-refractivity contribution < 1.29 is 43.4 Å². The van der Waals surface area contributed by atoms with Gasteiger partial charge < -0.3 is 24.9 Å². The second-order valence-electron chi connectivity index (χ2n) is 8.23. The molecule has 0 aliphatic heterocycles. The second kappa shape index (κ2) is 21.0. The molecule has 0 rings (SSSR count). The summed E-state index contributed by atoms with van der Waals surface area (Å²) >= 11 is 0. The third kappa shape index (κ3) is 21.3. The van der Waals surface area contributed by atoms with Crippen molar-refractivity contribution in [1.29, 1.82) is 0 Å². The molecule has 0 aromatic carbocycles. The molecular formula is C22H45O9P. The van der Waals surface area contributed by atoms with Crippen LogP contribution < -0.4 is 0 Å². The van der Waals surface area contributed by atoms with Crippen molar-refractivity contribution in [3.63, 3.8) is 0 Å². The van der Waals surface area contributed by atoms with Crippen molar-refractivity contribution in [2.45, 2.75) is 109 Å². The second-order valence-corrected chi connectivity index (χ2v) is 9.68. The van der Waals surface area contributed by atoms with Crippen LogP contribution in [0.2, 0.25) is 0 Å². The minimum Gasteiger partial charge on any atom is -0.463 e. The average molecular weight is 485 g/mol. The number of rotatable bonds is 23. The molecule has 0 aromatic heterocycles. The third-order valence-corrected chi connectivity index (χ3v) is 5.94. The van der Waals surface area contributed by atoms with Crippen molar-refractivity contribution in [2.75, 3.05) is 26.4 Å². The summed E-state index contributed by atoms with van der Waals surface area (Å²) in [5.74, 6) is -0.429. The van der Waals surface area contributed by atoms with Gasteiger partial charge in [0, 0.05) is 6.42 Å². The number of esters is 1. The first kappa shape index (κ1) is 31.5. The Kier molecular flexibility index (Phi) is 20.7. The topological polar surface area (TPSA) is 143 Å². The number of aliphatic hydroxyl groups excluding tert-OH is 3. The summed E-state index contributed by atoms with van der Waals surface area (Å²) in [6, 6.07) is 0. The summed E-state index contributed by atoms with van der Waals surface area (Å²) < 4.78 is 25.5. The molecule has 2 unspecified atom stereocenters. The minimum absolute atomic E-state index is 0.270. The summed E-state index contributed by atoms with van der Waals surface area (Å²) in [5, 5.41) is 27.4. The Hall–Kier alpha value is -0.540. The molecule has 0 bridgehead atoms. The molecule has 32 heavy (non-hydrogen) atoms. The SMILES string of the molecule is CCCCCCCCCCCCCCCC(=O)OCC(O)COP(=O)(O)OC[C@@H](O)CO. The van der Waals surface area contributed by atoms with E-state index in [0.717, 1.165) is 19.3 Å². The van der Waals surface area contributed by atoms with Crippen LogP contribution in [-0.2, 0) is 23.1 Å². The normalized spacial score (nSPS) is 15.3. The Morgan fingerprint density at radius 1 is 0.750 bits per heavy atom. The van der Waals surface area contributed by atoms with E-state index in [-0.39, 0.29) is 13.0 Å². The van der Waals surface area contributed by atoms with Crippen LogP contribution in [0.25, 0.3) is 0 Å². The van der Waals surface area contributed by atoms with Crippen LogP contribution in [0, 0.1) is 0 Å². The van der Waals surface area contributed by atoms with Crippen LogP contribution in [0.15, 0.2) is 0 Å². The number of aliphatic hydroxyl groups is 3. The number of phosphoric ester groups is 1. The number of ether oxygens (including phenoxy) is 1. The number of carbonyl (C=O) groups excluding carboxylic acids is 1. The first-order valence-corrected chi connectivity index (χ1v) is 13.5. The van der Waals surface area contributed by atoms with Gasteiger partial charge in [-0.2, -0.15) is 0 Å². The summed E-state index contributed by atoms with van der Waals surface area (Å²) in [7, 11) is -4.48. The van der Waals surface area contributed by atoms with E-state index in [1.165, 1.54) is 64.2 Å². The Morgan fingerprint density at radius 3 is 1.66 bits per heavy atom. The van der Waals surface area contributed by atoms with E-state index in [9.17, 15) is 19.4 Å². The van der Waals surface area contributed by atoms with Gasteiger partial charge in [0.2, 0.25) is 0 Å². The molecular weight excluding hydrogens is 439 g/mol. The Bertz CT molecular complexity index is 490. The molecule has 9 nitrogen and oxygen atoms in total. The lowest BCUT2D eigenvalue weighted by atomic mass is 10.0. The van der Waals surface area contributed by atoms with E-state index in [4.69, 9.17) is 14.9 Å². The number of unbranched alkanes of at least 4 members (excludes halogenated alkanes) is 12. The van der Waals surface area contributed by atoms with Crippen molar-refractivity contribution in [2.24, 2.45) is 0 Å². The lowest BCUT2D eigenvalue weighted by molar-refractivity contribution is -0.147. The molecule has 10 heteroatoms. The van der Waals surface area contributed by atoms with Crippen molar-refractivity contribution in [3.8, 4) is 0 Å². The molecule has 4 N–H and O–H groups in total. The van der Waals surface area contributed by atoms with E-state index in [2.05, 4.69) is 16.0 Å². The molecule has 0 amide bonds. The largest absolute Gasteiger partial charge is 0.472 e. The van der Waals surface area contributed by atoms with Crippen LogP contribution in [0.1, 0.15) is 96.8 Å². The van der Waals surface area contributed by atoms with Gasteiger partial charge in [-0.3, -0.25) is 13.8 Å². The highest BCUT2D eigenvalue weighted by Crippen LogP contribution is 2.43. The average Bonchev–Trinajstić information content (AvgIpc) is 2.77. The molecule has 0 aromatic rings. The molecule has 0 radical (unpaired) electrons. The van der Waals surface area contributed by atoms with Gasteiger partial charge in [-0.25, -0.2) is 4.57 Å². The van der Waals surface area contributed by atoms with Crippen LogP contribution in [0.3, 0.4) is 0 Å². The van der Waals surface area contributed by atoms with Crippen LogP contribution in [-0.4, -0.2) is 64.8 Å². The highest BCUT2D eigenvalue weighted by molar-refractivity contribution is 7.47. The Balaban J connectivity index is 3.54. The van der Waals surface area contributed by atoms with Gasteiger partial charge in [-0.1, -0.05) is 84.0 Å². The van der Waals surface area contributed by atoms with Gasteiger partial charge in [0.15, 0.2) is 0 Å². The van der Waals surface area contributed by atoms with E-state index in [0.29, 0.717) is 0 Å². The predicted octanol–water partition coefficient (Wildman–Crippen LogP) is 3.86. The van der Waals surface area contributed by atoms with E-state index in [1.807, 2.05) is 0 Å². The number of hydrogen-bond donors (Lipinski definition) is 4. The number of hydrogen-bond acceptors (Lipinski definition) is 8. The fourth-order valence-electron chi connectivity index (χ4n) is 3.05. The maximum Gasteiger partial charge on any atom is 0.472 e. The van der Waals surface area contributed by atoms with Crippen LogP contribution >= 0.6 is 7.82 Å². The smallest absolute Gasteiger partial charge is 0.463 e. The first-order chi connectivity index (χ1) is 15.3. The Morgan fingerprint density at radius 2 is 1.19 bits per heavy atom. The zero-order chi connectivity index (χ0) is 24.1. The third-order valence-electron chi connectivity index (χ3n) is 4.99. The summed E-state index contributed by atoms with van der Waals surface area (Å²) in [4.78, 5) is 21.1. The molecule has 0 spiro atoms.